The van der Waals surface area contributed by atoms with Gasteiger partial charge >= 0.3 is 0 Å². The first-order chi connectivity index (χ1) is 8.72. The summed E-state index contributed by atoms with van der Waals surface area (Å²) in [5.74, 6) is 0.0864. The lowest BCUT2D eigenvalue weighted by molar-refractivity contribution is -0.132. The molecule has 18 heavy (non-hydrogen) atoms. The first-order valence-electron chi connectivity index (χ1n) is 6.32. The largest absolute Gasteiger partial charge is 0.324 e. The van der Waals surface area contributed by atoms with Gasteiger partial charge in [0.05, 0.1) is 6.07 Å². The van der Waals surface area contributed by atoms with E-state index in [0.717, 1.165) is 18.4 Å². The Balaban J connectivity index is 1.92. The van der Waals surface area contributed by atoms with Crippen LogP contribution < -0.4 is 0 Å². The number of aromatic nitrogens is 1. The zero-order chi connectivity index (χ0) is 13.0. The third kappa shape index (κ3) is 3.07. The Morgan fingerprint density at radius 2 is 2.22 bits per heavy atom. The van der Waals surface area contributed by atoms with Gasteiger partial charge in [-0.25, -0.2) is 0 Å². The van der Waals surface area contributed by atoms with Gasteiger partial charge in [-0.3, -0.25) is 9.78 Å². The van der Waals surface area contributed by atoms with Gasteiger partial charge in [-0.2, -0.15) is 5.26 Å². The Morgan fingerprint density at radius 1 is 1.56 bits per heavy atom. The van der Waals surface area contributed by atoms with E-state index in [-0.39, 0.29) is 11.9 Å². The molecule has 1 atom stereocenters. The minimum Gasteiger partial charge on any atom is -0.324 e. The number of pyridine rings is 1. The van der Waals surface area contributed by atoms with Gasteiger partial charge in [-0.05, 0) is 43.9 Å². The Bertz CT molecular complexity index is 448. The van der Waals surface area contributed by atoms with Crippen LogP contribution in [0.5, 0.6) is 0 Å². The Hall–Kier alpha value is -1.89. The number of carbonyl (C=O) groups is 1. The van der Waals surface area contributed by atoms with Crippen molar-refractivity contribution in [3.05, 3.63) is 30.1 Å². The fourth-order valence-corrected chi connectivity index (χ4v) is 2.08. The molecule has 1 saturated carbocycles. The van der Waals surface area contributed by atoms with Crippen LogP contribution in [0.3, 0.4) is 0 Å². The molecule has 1 aromatic heterocycles. The second-order valence-corrected chi connectivity index (χ2v) is 4.69. The lowest BCUT2D eigenvalue weighted by Gasteiger charge is -2.24. The van der Waals surface area contributed by atoms with Gasteiger partial charge in [0.15, 0.2) is 0 Å². The van der Waals surface area contributed by atoms with E-state index < -0.39 is 0 Å². The molecule has 2 rings (SSSR count). The molecular weight excluding hydrogens is 226 g/mol. The average Bonchev–Trinajstić information content (AvgIpc) is 3.22. The van der Waals surface area contributed by atoms with Crippen molar-refractivity contribution >= 4 is 5.91 Å². The number of aryl methyl sites for hydroxylation is 1. The smallest absolute Gasteiger partial charge is 0.224 e. The molecule has 1 aromatic rings. The van der Waals surface area contributed by atoms with Gasteiger partial charge in [-0.1, -0.05) is 0 Å². The van der Waals surface area contributed by atoms with Crippen molar-refractivity contribution < 1.29 is 4.79 Å². The summed E-state index contributed by atoms with van der Waals surface area (Å²) < 4.78 is 0. The molecule has 94 valence electrons. The van der Waals surface area contributed by atoms with Crippen LogP contribution in [0.1, 0.15) is 31.7 Å². The summed E-state index contributed by atoms with van der Waals surface area (Å²) in [6.07, 6.45) is 6.71. The predicted octanol–water partition coefficient (Wildman–Crippen LogP) is 1.92. The van der Waals surface area contributed by atoms with Crippen molar-refractivity contribution in [2.24, 2.45) is 0 Å². The van der Waals surface area contributed by atoms with E-state index in [1.54, 1.807) is 24.2 Å². The maximum absolute atomic E-state index is 12.2. The van der Waals surface area contributed by atoms with Gasteiger partial charge in [0.2, 0.25) is 5.91 Å². The predicted molar refractivity (Wildman–Crippen MR) is 67.5 cm³/mol. The normalized spacial score (nSPS) is 15.8. The van der Waals surface area contributed by atoms with E-state index >= 15 is 0 Å². The quantitative estimate of drug-likeness (QED) is 0.793. The maximum Gasteiger partial charge on any atom is 0.224 e. The Morgan fingerprint density at radius 3 is 2.78 bits per heavy atom. The fourth-order valence-electron chi connectivity index (χ4n) is 2.08. The molecule has 1 heterocycles. The highest BCUT2D eigenvalue weighted by Gasteiger charge is 2.35. The summed E-state index contributed by atoms with van der Waals surface area (Å²) in [5.41, 5.74) is 1.11. The first-order valence-corrected chi connectivity index (χ1v) is 6.32. The summed E-state index contributed by atoms with van der Waals surface area (Å²) in [5, 5.41) is 8.96. The molecule has 1 aliphatic rings. The summed E-state index contributed by atoms with van der Waals surface area (Å²) in [6.45, 7) is 1.79. The van der Waals surface area contributed by atoms with Gasteiger partial charge < -0.3 is 4.90 Å². The fraction of sp³-hybridized carbons (Fsp3) is 0.500. The van der Waals surface area contributed by atoms with Crippen molar-refractivity contribution in [1.82, 2.24) is 9.88 Å². The number of rotatable bonds is 5. The molecule has 0 N–H and O–H groups in total. The van der Waals surface area contributed by atoms with Crippen LogP contribution in [0.2, 0.25) is 0 Å². The highest BCUT2D eigenvalue weighted by molar-refractivity contribution is 5.77. The third-order valence-corrected chi connectivity index (χ3v) is 3.21. The molecule has 4 nitrogen and oxygen atoms in total. The summed E-state index contributed by atoms with van der Waals surface area (Å²) >= 11 is 0. The monoisotopic (exact) mass is 243 g/mol. The van der Waals surface area contributed by atoms with Crippen molar-refractivity contribution in [2.75, 3.05) is 0 Å². The molecule has 0 radical (unpaired) electrons. The molecule has 1 fully saturated rings. The van der Waals surface area contributed by atoms with Crippen molar-refractivity contribution in [3.63, 3.8) is 0 Å². The lowest BCUT2D eigenvalue weighted by atomic mass is 10.1. The molecule has 0 saturated heterocycles. The van der Waals surface area contributed by atoms with Gasteiger partial charge in [0.1, 0.15) is 6.04 Å². The Kier molecular flexibility index (Phi) is 3.93. The van der Waals surface area contributed by atoms with Crippen LogP contribution in [0.4, 0.5) is 0 Å². The molecule has 0 bridgehead atoms. The summed E-state index contributed by atoms with van der Waals surface area (Å²) in [7, 11) is 0. The lowest BCUT2D eigenvalue weighted by Crippen LogP contribution is -2.39. The Labute approximate surface area is 107 Å². The molecule has 4 heteroatoms. The van der Waals surface area contributed by atoms with Gasteiger partial charge in [0.25, 0.3) is 0 Å². The van der Waals surface area contributed by atoms with Crippen molar-refractivity contribution in [3.8, 4) is 6.07 Å². The zero-order valence-corrected chi connectivity index (χ0v) is 10.5. The topological polar surface area (TPSA) is 57.0 Å². The zero-order valence-electron chi connectivity index (χ0n) is 10.5. The standard InChI is InChI=1S/C14H17N3O/c1-11(10-15)17(13-3-4-13)14(18)5-2-12-6-8-16-9-7-12/h6-9,11,13H,2-5H2,1H3. The number of hydrogen-bond donors (Lipinski definition) is 0. The molecule has 0 aliphatic heterocycles. The van der Waals surface area contributed by atoms with Gasteiger partial charge in [0, 0.05) is 24.9 Å². The molecule has 1 amide bonds. The van der Waals surface area contributed by atoms with Crippen LogP contribution in [0.25, 0.3) is 0 Å². The van der Waals surface area contributed by atoms with Crippen molar-refractivity contribution in [2.45, 2.75) is 44.7 Å². The van der Waals surface area contributed by atoms with E-state index in [9.17, 15) is 4.79 Å². The maximum atomic E-state index is 12.2. The number of amides is 1. The molecule has 1 aliphatic carbocycles. The van der Waals surface area contributed by atoms with E-state index in [2.05, 4.69) is 11.1 Å². The number of nitrogens with zero attached hydrogens (tertiary/aromatic N) is 3. The second-order valence-electron chi connectivity index (χ2n) is 4.69. The highest BCUT2D eigenvalue weighted by Crippen LogP contribution is 2.29. The van der Waals surface area contributed by atoms with Crippen LogP contribution in [-0.4, -0.2) is 27.9 Å². The summed E-state index contributed by atoms with van der Waals surface area (Å²) in [4.78, 5) is 17.9. The minimum atomic E-state index is -0.317. The minimum absolute atomic E-state index is 0.0864. The van der Waals surface area contributed by atoms with Crippen LogP contribution in [0, 0.1) is 11.3 Å². The van der Waals surface area contributed by atoms with Crippen LogP contribution in [0.15, 0.2) is 24.5 Å². The first kappa shape index (κ1) is 12.6. The number of carbonyl (C=O) groups excluding carboxylic acids is 1. The molecule has 0 spiro atoms. The van der Waals surface area contributed by atoms with E-state index in [1.165, 1.54) is 0 Å². The average molecular weight is 243 g/mol. The highest BCUT2D eigenvalue weighted by atomic mass is 16.2. The van der Waals surface area contributed by atoms with Crippen LogP contribution in [-0.2, 0) is 11.2 Å². The van der Waals surface area contributed by atoms with E-state index in [0.29, 0.717) is 18.9 Å². The SMILES string of the molecule is CC(C#N)N(C(=O)CCc1ccncc1)C1CC1. The molecule has 0 aromatic carbocycles. The van der Waals surface area contributed by atoms with Crippen molar-refractivity contribution in [1.29, 1.82) is 5.26 Å². The third-order valence-electron chi connectivity index (χ3n) is 3.21. The molecule has 1 unspecified atom stereocenters. The molecular formula is C14H17N3O. The second kappa shape index (κ2) is 5.63. The van der Waals surface area contributed by atoms with Crippen LogP contribution >= 0.6 is 0 Å². The number of hydrogen-bond acceptors (Lipinski definition) is 3. The van der Waals surface area contributed by atoms with E-state index in [1.807, 2.05) is 12.1 Å². The van der Waals surface area contributed by atoms with Gasteiger partial charge in [-0.15, -0.1) is 0 Å². The summed E-state index contributed by atoms with van der Waals surface area (Å²) in [6, 6.07) is 5.98. The van der Waals surface area contributed by atoms with E-state index in [4.69, 9.17) is 5.26 Å². The number of nitriles is 1.